The van der Waals surface area contributed by atoms with Crippen molar-refractivity contribution in [2.75, 3.05) is 13.2 Å². The fourth-order valence-electron chi connectivity index (χ4n) is 2.87. The SMILES string of the molecule is CCCn1cc(C(=O)N2CCOc3ccccc3C2C(=O)O)cn1. The van der Waals surface area contributed by atoms with Crippen LogP contribution in [0.25, 0.3) is 0 Å². The number of hydrogen-bond donors (Lipinski definition) is 1. The van der Waals surface area contributed by atoms with Crippen molar-refractivity contribution < 1.29 is 19.4 Å². The first-order valence-electron chi connectivity index (χ1n) is 7.89. The highest BCUT2D eigenvalue weighted by Gasteiger charge is 2.36. The van der Waals surface area contributed by atoms with Gasteiger partial charge in [-0.15, -0.1) is 0 Å². The second-order valence-corrected chi connectivity index (χ2v) is 5.62. The van der Waals surface area contributed by atoms with Crippen LogP contribution in [0, 0.1) is 0 Å². The summed E-state index contributed by atoms with van der Waals surface area (Å²) in [6, 6.07) is 5.85. The molecular weight excluding hydrogens is 310 g/mol. The van der Waals surface area contributed by atoms with Crippen LogP contribution in [0.4, 0.5) is 0 Å². The Morgan fingerprint density at radius 2 is 2.17 bits per heavy atom. The molecule has 0 spiro atoms. The molecule has 1 unspecified atom stereocenters. The normalized spacial score (nSPS) is 16.9. The fourth-order valence-corrected chi connectivity index (χ4v) is 2.87. The number of aliphatic carboxylic acids is 1. The van der Waals surface area contributed by atoms with Crippen LogP contribution in [0.1, 0.15) is 35.3 Å². The zero-order valence-corrected chi connectivity index (χ0v) is 13.4. The van der Waals surface area contributed by atoms with Crippen LogP contribution < -0.4 is 4.74 Å². The lowest BCUT2D eigenvalue weighted by Crippen LogP contribution is -2.39. The molecule has 1 N–H and O–H groups in total. The first kappa shape index (κ1) is 16.0. The molecule has 1 aromatic heterocycles. The van der Waals surface area contributed by atoms with Crippen molar-refractivity contribution >= 4 is 11.9 Å². The number of aryl methyl sites for hydroxylation is 1. The summed E-state index contributed by atoms with van der Waals surface area (Å²) in [6.45, 7) is 3.17. The number of rotatable bonds is 4. The van der Waals surface area contributed by atoms with E-state index in [4.69, 9.17) is 4.74 Å². The Labute approximate surface area is 139 Å². The highest BCUT2D eigenvalue weighted by atomic mass is 16.5. The number of hydrogen-bond acceptors (Lipinski definition) is 4. The molecule has 126 valence electrons. The van der Waals surface area contributed by atoms with Crippen LogP contribution in [-0.4, -0.2) is 44.8 Å². The molecule has 0 fully saturated rings. The summed E-state index contributed by atoms with van der Waals surface area (Å²) in [7, 11) is 0. The second-order valence-electron chi connectivity index (χ2n) is 5.62. The van der Waals surface area contributed by atoms with E-state index < -0.39 is 12.0 Å². The van der Waals surface area contributed by atoms with E-state index in [-0.39, 0.29) is 19.1 Å². The van der Waals surface area contributed by atoms with Gasteiger partial charge in [-0.05, 0) is 12.5 Å². The van der Waals surface area contributed by atoms with E-state index in [9.17, 15) is 14.7 Å². The number of carboxylic acids is 1. The van der Waals surface area contributed by atoms with Crippen LogP contribution in [0.15, 0.2) is 36.7 Å². The zero-order valence-electron chi connectivity index (χ0n) is 13.4. The van der Waals surface area contributed by atoms with Gasteiger partial charge < -0.3 is 14.7 Å². The smallest absolute Gasteiger partial charge is 0.331 e. The van der Waals surface area contributed by atoms with Gasteiger partial charge in [0.1, 0.15) is 12.4 Å². The maximum Gasteiger partial charge on any atom is 0.331 e. The summed E-state index contributed by atoms with van der Waals surface area (Å²) in [5.74, 6) is -0.936. The number of carboxylic acid groups (broad SMARTS) is 1. The summed E-state index contributed by atoms with van der Waals surface area (Å²) in [5, 5.41) is 13.8. The number of aromatic nitrogens is 2. The molecule has 0 saturated heterocycles. The first-order valence-corrected chi connectivity index (χ1v) is 7.89. The van der Waals surface area contributed by atoms with E-state index in [2.05, 4.69) is 5.10 Å². The lowest BCUT2D eigenvalue weighted by atomic mass is 10.0. The molecule has 2 heterocycles. The number of carbonyl (C=O) groups excluding carboxylic acids is 1. The summed E-state index contributed by atoms with van der Waals surface area (Å²) in [4.78, 5) is 26.0. The molecule has 1 amide bonds. The summed E-state index contributed by atoms with van der Waals surface area (Å²) in [6.07, 6.45) is 4.04. The molecule has 24 heavy (non-hydrogen) atoms. The van der Waals surface area contributed by atoms with Gasteiger partial charge in [0.15, 0.2) is 6.04 Å². The molecule has 1 aromatic carbocycles. The van der Waals surface area contributed by atoms with E-state index in [1.165, 1.54) is 11.1 Å². The van der Waals surface area contributed by atoms with Gasteiger partial charge >= 0.3 is 5.97 Å². The number of carbonyl (C=O) groups is 2. The van der Waals surface area contributed by atoms with Crippen molar-refractivity contribution in [1.82, 2.24) is 14.7 Å². The zero-order chi connectivity index (χ0) is 17.1. The third-order valence-electron chi connectivity index (χ3n) is 3.94. The maximum absolute atomic E-state index is 12.8. The van der Waals surface area contributed by atoms with Gasteiger partial charge in [0.05, 0.1) is 18.3 Å². The largest absolute Gasteiger partial charge is 0.491 e. The molecule has 7 nitrogen and oxygen atoms in total. The van der Waals surface area contributed by atoms with Gasteiger partial charge in [-0.25, -0.2) is 4.79 Å². The lowest BCUT2D eigenvalue weighted by Gasteiger charge is -2.26. The molecule has 3 rings (SSSR count). The summed E-state index contributed by atoms with van der Waals surface area (Å²) in [5.41, 5.74) is 0.867. The number of fused-ring (bicyclic) bond motifs is 1. The average molecular weight is 329 g/mol. The van der Waals surface area contributed by atoms with Crippen LogP contribution >= 0.6 is 0 Å². The fraction of sp³-hybridized carbons (Fsp3) is 0.353. The topological polar surface area (TPSA) is 84.7 Å². The Morgan fingerprint density at radius 1 is 1.38 bits per heavy atom. The quantitative estimate of drug-likeness (QED) is 0.927. The van der Waals surface area contributed by atoms with Gasteiger partial charge in [0.2, 0.25) is 0 Å². The van der Waals surface area contributed by atoms with Gasteiger partial charge in [-0.1, -0.05) is 25.1 Å². The number of benzene rings is 1. The van der Waals surface area contributed by atoms with Crippen LogP contribution in [-0.2, 0) is 11.3 Å². The molecule has 0 radical (unpaired) electrons. The minimum absolute atomic E-state index is 0.198. The van der Waals surface area contributed by atoms with Crippen LogP contribution in [0.2, 0.25) is 0 Å². The standard InChI is InChI=1S/C17H19N3O4/c1-2-7-19-11-12(10-18-19)16(21)20-8-9-24-14-6-4-3-5-13(14)15(20)17(22)23/h3-6,10-11,15H,2,7-9H2,1H3,(H,22,23). The third kappa shape index (κ3) is 2.97. The average Bonchev–Trinajstić information content (AvgIpc) is 2.94. The van der Waals surface area contributed by atoms with Crippen molar-refractivity contribution in [3.8, 4) is 5.75 Å². The van der Waals surface area contributed by atoms with E-state index in [1.54, 1.807) is 35.1 Å². The molecule has 7 heteroatoms. The third-order valence-corrected chi connectivity index (χ3v) is 3.94. The van der Waals surface area contributed by atoms with Crippen molar-refractivity contribution in [3.63, 3.8) is 0 Å². The predicted molar refractivity (Wildman–Crippen MR) is 85.9 cm³/mol. The summed E-state index contributed by atoms with van der Waals surface area (Å²) < 4.78 is 7.30. The lowest BCUT2D eigenvalue weighted by molar-refractivity contribution is -0.142. The Kier molecular flexibility index (Phi) is 4.50. The van der Waals surface area contributed by atoms with Crippen molar-refractivity contribution in [3.05, 3.63) is 47.8 Å². The number of amides is 1. The Balaban J connectivity index is 1.95. The minimum Gasteiger partial charge on any atom is -0.491 e. The number of nitrogens with zero attached hydrogens (tertiary/aromatic N) is 3. The van der Waals surface area contributed by atoms with Gasteiger partial charge in [-0.3, -0.25) is 9.48 Å². The molecule has 0 saturated carbocycles. The molecule has 1 aliphatic rings. The van der Waals surface area contributed by atoms with Gasteiger partial charge in [0, 0.05) is 18.3 Å². The van der Waals surface area contributed by atoms with Crippen LogP contribution in [0.5, 0.6) is 5.75 Å². The number of para-hydroxylation sites is 1. The first-order chi connectivity index (χ1) is 11.6. The molecule has 0 aliphatic carbocycles. The van der Waals surface area contributed by atoms with E-state index in [1.807, 2.05) is 6.92 Å². The van der Waals surface area contributed by atoms with Crippen molar-refractivity contribution in [2.24, 2.45) is 0 Å². The molecule has 1 aliphatic heterocycles. The van der Waals surface area contributed by atoms with Crippen LogP contribution in [0.3, 0.4) is 0 Å². The molecule has 1 atom stereocenters. The Hall–Kier alpha value is -2.83. The van der Waals surface area contributed by atoms with E-state index in [0.717, 1.165) is 6.42 Å². The highest BCUT2D eigenvalue weighted by Crippen LogP contribution is 2.33. The molecule has 2 aromatic rings. The van der Waals surface area contributed by atoms with Crippen molar-refractivity contribution in [1.29, 1.82) is 0 Å². The summed E-state index contributed by atoms with van der Waals surface area (Å²) >= 11 is 0. The van der Waals surface area contributed by atoms with Crippen molar-refractivity contribution in [2.45, 2.75) is 25.9 Å². The molecular formula is C17H19N3O4. The van der Waals surface area contributed by atoms with E-state index >= 15 is 0 Å². The van der Waals surface area contributed by atoms with Gasteiger partial charge in [-0.2, -0.15) is 5.10 Å². The van der Waals surface area contributed by atoms with Gasteiger partial charge in [0.25, 0.3) is 5.91 Å². The second kappa shape index (κ2) is 6.74. The minimum atomic E-state index is -1.08. The van der Waals surface area contributed by atoms with E-state index in [0.29, 0.717) is 23.4 Å². The Morgan fingerprint density at radius 3 is 2.92 bits per heavy atom. The molecule has 0 bridgehead atoms. The number of ether oxygens (including phenoxy) is 1. The highest BCUT2D eigenvalue weighted by molar-refractivity contribution is 5.96. The predicted octanol–water partition coefficient (Wildman–Crippen LogP) is 1.95. The maximum atomic E-state index is 12.8. The monoisotopic (exact) mass is 329 g/mol. The Bertz CT molecular complexity index is 756.